The average Bonchev–Trinajstić information content (AvgIpc) is 2.89. The molecule has 0 fully saturated rings. The van der Waals surface area contributed by atoms with E-state index in [9.17, 15) is 26.3 Å². The first-order valence-electron chi connectivity index (χ1n) is 5.67. The van der Waals surface area contributed by atoms with E-state index in [1.165, 1.54) is 11.3 Å². The predicted molar refractivity (Wildman–Crippen MR) is 74.0 cm³/mol. The van der Waals surface area contributed by atoms with Crippen LogP contribution in [0.4, 0.5) is 26.3 Å². The number of benzene rings is 1. The Morgan fingerprint density at radius 3 is 1.77 bits per heavy atom. The van der Waals surface area contributed by atoms with E-state index >= 15 is 0 Å². The van der Waals surface area contributed by atoms with Gasteiger partial charge in [-0.1, -0.05) is 6.07 Å². The molecule has 9 heteroatoms. The van der Waals surface area contributed by atoms with Crippen LogP contribution in [0.25, 0.3) is 0 Å². The van der Waals surface area contributed by atoms with Crippen LogP contribution in [0.5, 0.6) is 0 Å². The fourth-order valence-corrected chi connectivity index (χ4v) is 2.55. The molecule has 1 atom stereocenters. The first kappa shape index (κ1) is 18.8. The maximum Gasteiger partial charge on any atom is 0.416 e. The predicted octanol–water partition coefficient (Wildman–Crippen LogP) is 5.26. The van der Waals surface area contributed by atoms with Gasteiger partial charge in [0.2, 0.25) is 0 Å². The Morgan fingerprint density at radius 1 is 0.909 bits per heavy atom. The van der Waals surface area contributed by atoms with Gasteiger partial charge in [-0.15, -0.1) is 23.7 Å². The highest BCUT2D eigenvalue weighted by molar-refractivity contribution is 7.10. The maximum atomic E-state index is 12.7. The summed E-state index contributed by atoms with van der Waals surface area (Å²) in [6.45, 7) is 0. The lowest BCUT2D eigenvalue weighted by molar-refractivity contribution is -0.143. The van der Waals surface area contributed by atoms with Crippen LogP contribution in [0.3, 0.4) is 0 Å². The van der Waals surface area contributed by atoms with E-state index in [1.807, 2.05) is 0 Å². The van der Waals surface area contributed by atoms with E-state index in [0.29, 0.717) is 17.0 Å². The number of rotatable bonds is 2. The average molecular weight is 362 g/mol. The zero-order valence-corrected chi connectivity index (χ0v) is 12.3. The van der Waals surface area contributed by atoms with Crippen LogP contribution in [0.1, 0.15) is 27.6 Å². The van der Waals surface area contributed by atoms with Crippen molar-refractivity contribution in [2.24, 2.45) is 5.73 Å². The number of nitrogens with two attached hydrogens (primary N) is 1. The SMILES string of the molecule is Cl.N[C@H](c1cc(C(F)(F)F)cc(C(F)(F)F)c1)c1cccs1. The highest BCUT2D eigenvalue weighted by atomic mass is 35.5. The summed E-state index contributed by atoms with van der Waals surface area (Å²) in [6.07, 6.45) is -9.74. The van der Waals surface area contributed by atoms with Gasteiger partial charge in [0, 0.05) is 4.88 Å². The summed E-state index contributed by atoms with van der Waals surface area (Å²) in [5.74, 6) is 0. The van der Waals surface area contributed by atoms with Crippen LogP contribution < -0.4 is 5.73 Å². The second kappa shape index (κ2) is 6.47. The van der Waals surface area contributed by atoms with Crippen molar-refractivity contribution < 1.29 is 26.3 Å². The molecule has 0 radical (unpaired) electrons. The van der Waals surface area contributed by atoms with Gasteiger partial charge in [0.15, 0.2) is 0 Å². The highest BCUT2D eigenvalue weighted by Gasteiger charge is 2.37. The summed E-state index contributed by atoms with van der Waals surface area (Å²) in [6, 6.07) is 3.54. The summed E-state index contributed by atoms with van der Waals surface area (Å²) >= 11 is 1.17. The lowest BCUT2D eigenvalue weighted by Gasteiger charge is -2.17. The van der Waals surface area contributed by atoms with Gasteiger partial charge in [-0.25, -0.2) is 0 Å². The highest BCUT2D eigenvalue weighted by Crippen LogP contribution is 2.38. The third kappa shape index (κ3) is 4.15. The van der Waals surface area contributed by atoms with Crippen molar-refractivity contribution in [3.63, 3.8) is 0 Å². The van der Waals surface area contributed by atoms with E-state index < -0.39 is 29.5 Å². The van der Waals surface area contributed by atoms with Gasteiger partial charge in [0.1, 0.15) is 0 Å². The zero-order valence-electron chi connectivity index (χ0n) is 10.7. The fourth-order valence-electron chi connectivity index (χ4n) is 1.79. The minimum Gasteiger partial charge on any atom is -0.320 e. The Bertz CT molecular complexity index is 588. The van der Waals surface area contributed by atoms with Crippen molar-refractivity contribution in [3.05, 3.63) is 57.3 Å². The van der Waals surface area contributed by atoms with Crippen LogP contribution >= 0.6 is 23.7 Å². The molecule has 2 aromatic rings. The Labute approximate surface area is 132 Å². The Kier molecular flexibility index (Phi) is 5.53. The van der Waals surface area contributed by atoms with Crippen molar-refractivity contribution in [2.45, 2.75) is 18.4 Å². The van der Waals surface area contributed by atoms with E-state index in [2.05, 4.69) is 0 Å². The van der Waals surface area contributed by atoms with Crippen LogP contribution in [-0.4, -0.2) is 0 Å². The van der Waals surface area contributed by atoms with Crippen molar-refractivity contribution in [1.29, 1.82) is 0 Å². The van der Waals surface area contributed by atoms with Crippen molar-refractivity contribution in [3.8, 4) is 0 Å². The van der Waals surface area contributed by atoms with Crippen LogP contribution in [-0.2, 0) is 12.4 Å². The van der Waals surface area contributed by atoms with Crippen LogP contribution in [0.2, 0.25) is 0 Å². The monoisotopic (exact) mass is 361 g/mol. The molecule has 0 saturated carbocycles. The second-order valence-electron chi connectivity index (χ2n) is 4.33. The fraction of sp³-hybridized carbons (Fsp3) is 0.231. The molecule has 22 heavy (non-hydrogen) atoms. The maximum absolute atomic E-state index is 12.7. The topological polar surface area (TPSA) is 26.0 Å². The normalized spacial score (nSPS) is 13.6. The Hall–Kier alpha value is -1.25. The molecule has 0 spiro atoms. The lowest BCUT2D eigenvalue weighted by Crippen LogP contribution is -2.16. The Morgan fingerprint density at radius 2 is 1.41 bits per heavy atom. The molecule has 1 aromatic heterocycles. The number of hydrogen-bond donors (Lipinski definition) is 1. The number of thiophene rings is 1. The standard InChI is InChI=1S/C13H9F6NS.ClH/c14-12(15,16)8-4-7(5-9(6-8)13(17,18)19)11(20)10-2-1-3-21-10;/h1-6,11H,20H2;1H/t11-;/m1./s1. The van der Waals surface area contributed by atoms with Gasteiger partial charge < -0.3 is 5.73 Å². The minimum absolute atomic E-state index is 0. The summed E-state index contributed by atoms with van der Waals surface area (Å²) in [5.41, 5.74) is 2.81. The minimum atomic E-state index is -4.87. The third-order valence-corrected chi connectivity index (χ3v) is 3.77. The van der Waals surface area contributed by atoms with Gasteiger partial charge in [-0.3, -0.25) is 0 Å². The quantitative estimate of drug-likeness (QED) is 0.726. The molecule has 122 valence electrons. The number of hydrogen-bond acceptors (Lipinski definition) is 2. The molecular weight excluding hydrogens is 352 g/mol. The first-order chi connectivity index (χ1) is 9.59. The van der Waals surface area contributed by atoms with Gasteiger partial charge in [0.05, 0.1) is 17.2 Å². The lowest BCUT2D eigenvalue weighted by atomic mass is 9.99. The largest absolute Gasteiger partial charge is 0.416 e. The summed E-state index contributed by atoms with van der Waals surface area (Å²) < 4.78 is 76.4. The molecular formula is C13H10ClF6NS. The first-order valence-corrected chi connectivity index (χ1v) is 6.55. The molecule has 2 N–H and O–H groups in total. The van der Waals surface area contributed by atoms with Gasteiger partial charge in [0.25, 0.3) is 0 Å². The number of halogens is 7. The molecule has 1 aromatic carbocycles. The third-order valence-electron chi connectivity index (χ3n) is 2.82. The summed E-state index contributed by atoms with van der Waals surface area (Å²) in [5, 5.41) is 1.65. The van der Waals surface area contributed by atoms with Gasteiger partial charge >= 0.3 is 12.4 Å². The van der Waals surface area contributed by atoms with Crippen LogP contribution in [0, 0.1) is 0 Å². The van der Waals surface area contributed by atoms with E-state index in [-0.39, 0.29) is 24.0 Å². The smallest absolute Gasteiger partial charge is 0.320 e. The second-order valence-corrected chi connectivity index (χ2v) is 5.31. The van der Waals surface area contributed by atoms with E-state index in [4.69, 9.17) is 5.73 Å². The number of alkyl halides is 6. The molecule has 2 rings (SSSR count). The molecule has 0 unspecified atom stereocenters. The molecule has 0 aliphatic carbocycles. The summed E-state index contributed by atoms with van der Waals surface area (Å²) in [4.78, 5) is 0.488. The molecule has 0 amide bonds. The van der Waals surface area contributed by atoms with Gasteiger partial charge in [-0.05, 0) is 35.2 Å². The molecule has 0 aliphatic heterocycles. The molecule has 1 heterocycles. The van der Waals surface area contributed by atoms with Gasteiger partial charge in [-0.2, -0.15) is 26.3 Å². The van der Waals surface area contributed by atoms with Crippen molar-refractivity contribution >= 4 is 23.7 Å². The molecule has 0 aliphatic rings. The van der Waals surface area contributed by atoms with E-state index in [0.717, 1.165) is 0 Å². The summed E-state index contributed by atoms with van der Waals surface area (Å²) in [7, 11) is 0. The molecule has 0 bridgehead atoms. The zero-order chi connectivity index (χ0) is 15.8. The molecule has 1 nitrogen and oxygen atoms in total. The van der Waals surface area contributed by atoms with Crippen LogP contribution in [0.15, 0.2) is 35.7 Å². The van der Waals surface area contributed by atoms with Crippen molar-refractivity contribution in [1.82, 2.24) is 0 Å². The van der Waals surface area contributed by atoms with Crippen molar-refractivity contribution in [2.75, 3.05) is 0 Å². The Balaban J connectivity index is 0.00000242. The van der Waals surface area contributed by atoms with E-state index in [1.54, 1.807) is 17.5 Å². The molecule has 0 saturated heterocycles.